The van der Waals surface area contributed by atoms with Crippen LogP contribution in [-0.4, -0.2) is 74.3 Å². The Morgan fingerprint density at radius 1 is 0.376 bits per heavy atom. The maximum Gasteiger partial charge on any atom is 0.472 e. The van der Waals surface area contributed by atoms with Gasteiger partial charge in [0.1, 0.15) is 19.3 Å². The highest BCUT2D eigenvalue weighted by molar-refractivity contribution is 7.47. The standard InChI is InChI=1S/C83H149N2O7P/c1-7-10-13-16-19-22-25-28-30-32-34-36-38-40-42-44-46-48-50-52-54-57-60-63-66-69-72-75-82(86)84-80(79-91-93(88,89)90-78-77-85(4,5)6)81(74-71-68-65-62-59-56-27-24-21-18-15-12-9-3)92-83(87)76-73-70-67-64-61-58-55-53-51-49-47-45-43-41-39-37-35-33-31-29-26-23-20-17-14-11-8-2/h19-20,22-23,28-31,34-37,40-43,71,74,80-81H,7-18,21,24-27,32-33,38-39,44-70,72-73,75-79H2,1-6H3,(H-,84,86,88,89)/p+1/b22-19-,23-20-,30-28-,31-29-,36-34-,37-35-,42-40-,43-41-,74-71+. The molecule has 0 aliphatic heterocycles. The molecule has 0 saturated carbocycles. The minimum Gasteiger partial charge on any atom is -0.456 e. The van der Waals surface area contributed by atoms with Gasteiger partial charge < -0.3 is 19.4 Å². The van der Waals surface area contributed by atoms with Gasteiger partial charge in [-0.25, -0.2) is 4.57 Å². The second kappa shape index (κ2) is 71.4. The predicted octanol–water partition coefficient (Wildman–Crippen LogP) is 25.6. The number of allylic oxidation sites excluding steroid dienone is 17. The molecular formula is C83H150N2O7P+. The lowest BCUT2D eigenvalue weighted by molar-refractivity contribution is -0.870. The number of phosphoric acid groups is 1. The Morgan fingerprint density at radius 3 is 1.00 bits per heavy atom. The molecule has 0 aromatic carbocycles. The van der Waals surface area contributed by atoms with E-state index in [9.17, 15) is 19.0 Å². The van der Waals surface area contributed by atoms with Crippen LogP contribution in [0.2, 0.25) is 0 Å². The van der Waals surface area contributed by atoms with Gasteiger partial charge in [-0.2, -0.15) is 0 Å². The number of amides is 1. The van der Waals surface area contributed by atoms with Gasteiger partial charge >= 0.3 is 13.8 Å². The molecule has 93 heavy (non-hydrogen) atoms. The summed E-state index contributed by atoms with van der Waals surface area (Å²) in [6.07, 6.45) is 99.6. The van der Waals surface area contributed by atoms with E-state index in [0.717, 1.165) is 96.3 Å². The molecule has 0 aliphatic rings. The van der Waals surface area contributed by atoms with Crippen LogP contribution < -0.4 is 5.32 Å². The third kappa shape index (κ3) is 72.8. The van der Waals surface area contributed by atoms with Crippen molar-refractivity contribution in [3.63, 3.8) is 0 Å². The first kappa shape index (κ1) is 89.7. The Balaban J connectivity index is 5.02. The zero-order valence-electron chi connectivity index (χ0n) is 61.7. The van der Waals surface area contributed by atoms with Crippen molar-refractivity contribution < 1.29 is 37.3 Å². The molecule has 0 aromatic rings. The summed E-state index contributed by atoms with van der Waals surface area (Å²) >= 11 is 0. The first-order valence-electron chi connectivity index (χ1n) is 39.2. The molecule has 9 nitrogen and oxygen atoms in total. The molecule has 0 fully saturated rings. The monoisotopic (exact) mass is 1320 g/mol. The number of quaternary nitrogens is 1. The largest absolute Gasteiger partial charge is 0.472 e. The molecule has 0 aromatic heterocycles. The number of rotatable bonds is 71. The lowest BCUT2D eigenvalue weighted by Gasteiger charge is -2.27. The summed E-state index contributed by atoms with van der Waals surface area (Å²) in [5.41, 5.74) is 0. The van der Waals surface area contributed by atoms with Crippen LogP contribution in [0.4, 0.5) is 0 Å². The lowest BCUT2D eigenvalue weighted by Crippen LogP contribution is -2.47. The molecule has 0 aliphatic carbocycles. The number of nitrogens with zero attached hydrogens (tertiary/aromatic N) is 1. The van der Waals surface area contributed by atoms with E-state index in [1.807, 2.05) is 33.3 Å². The normalized spacial score (nSPS) is 14.0. The molecule has 0 saturated heterocycles. The van der Waals surface area contributed by atoms with Crippen LogP contribution in [0.15, 0.2) is 109 Å². The highest BCUT2D eigenvalue weighted by Gasteiger charge is 2.30. The molecule has 0 bridgehead atoms. The van der Waals surface area contributed by atoms with E-state index in [-0.39, 0.29) is 31.5 Å². The fourth-order valence-electron chi connectivity index (χ4n) is 11.1. The van der Waals surface area contributed by atoms with Gasteiger partial charge in [0.05, 0.1) is 33.8 Å². The maximum atomic E-state index is 13.7. The molecule has 3 unspecified atom stereocenters. The number of hydrogen-bond acceptors (Lipinski definition) is 6. The molecule has 0 radical (unpaired) electrons. The lowest BCUT2D eigenvalue weighted by atomic mass is 10.0. The van der Waals surface area contributed by atoms with Crippen LogP contribution in [0.1, 0.15) is 355 Å². The van der Waals surface area contributed by atoms with Crippen LogP contribution in [0.3, 0.4) is 0 Å². The average molecular weight is 1320 g/mol. The van der Waals surface area contributed by atoms with Gasteiger partial charge in [0.25, 0.3) is 0 Å². The van der Waals surface area contributed by atoms with E-state index < -0.39 is 20.0 Å². The van der Waals surface area contributed by atoms with Crippen molar-refractivity contribution in [1.29, 1.82) is 0 Å². The Hall–Kier alpha value is -3.33. The van der Waals surface area contributed by atoms with Crippen LogP contribution >= 0.6 is 7.82 Å². The third-order valence-corrected chi connectivity index (χ3v) is 18.2. The van der Waals surface area contributed by atoms with E-state index in [1.54, 1.807) is 0 Å². The summed E-state index contributed by atoms with van der Waals surface area (Å²) in [4.78, 5) is 38.1. The van der Waals surface area contributed by atoms with Crippen LogP contribution in [-0.2, 0) is 27.9 Å². The summed E-state index contributed by atoms with van der Waals surface area (Å²) in [7, 11) is 1.49. The van der Waals surface area contributed by atoms with Gasteiger partial charge in [-0.1, -0.05) is 330 Å². The topological polar surface area (TPSA) is 111 Å². The van der Waals surface area contributed by atoms with Gasteiger partial charge in [0, 0.05) is 12.8 Å². The van der Waals surface area contributed by atoms with Crippen molar-refractivity contribution in [3.8, 4) is 0 Å². The van der Waals surface area contributed by atoms with E-state index in [0.29, 0.717) is 17.4 Å². The molecule has 0 rings (SSSR count). The number of carbonyl (C=O) groups is 2. The highest BCUT2D eigenvalue weighted by Crippen LogP contribution is 2.43. The first-order valence-corrected chi connectivity index (χ1v) is 40.7. The SMILES string of the molecule is CCCCC/C=C\C/C=C\C/C=C\C/C=C\CCCCCCCCCCCCCC(=O)NC(COP(=O)(O)OCC[N+](C)(C)C)C(/C=C/CCCCCCCCCCCCC)OC(=O)CCCCCCCCCCCCC/C=C\C/C=C\C/C=C\C/C=C\CCCCC. The molecule has 1 amide bonds. The quantitative estimate of drug-likeness (QED) is 0.0205. The van der Waals surface area contributed by atoms with Crippen molar-refractivity contribution in [2.24, 2.45) is 0 Å². The Labute approximate surface area is 576 Å². The second-order valence-corrected chi connectivity index (χ2v) is 29.0. The Bertz CT molecular complexity index is 1960. The number of esters is 1. The van der Waals surface area contributed by atoms with Gasteiger partial charge in [0.2, 0.25) is 5.91 Å². The van der Waals surface area contributed by atoms with E-state index in [1.165, 1.54) is 225 Å². The van der Waals surface area contributed by atoms with Crippen LogP contribution in [0.5, 0.6) is 0 Å². The van der Waals surface area contributed by atoms with Crippen molar-refractivity contribution >= 4 is 19.7 Å². The third-order valence-electron chi connectivity index (χ3n) is 17.2. The second-order valence-electron chi connectivity index (χ2n) is 27.5. The molecule has 538 valence electrons. The summed E-state index contributed by atoms with van der Waals surface area (Å²) in [6, 6.07) is -0.859. The van der Waals surface area contributed by atoms with Crippen molar-refractivity contribution in [1.82, 2.24) is 5.32 Å². The fourth-order valence-corrected chi connectivity index (χ4v) is 11.9. The Morgan fingerprint density at radius 2 is 0.656 bits per heavy atom. The fraction of sp³-hybridized carbons (Fsp3) is 0.759. The number of carbonyl (C=O) groups excluding carboxylic acids is 2. The Kier molecular flexibility index (Phi) is 68.9. The summed E-state index contributed by atoms with van der Waals surface area (Å²) in [5.74, 6) is -0.505. The highest BCUT2D eigenvalue weighted by atomic mass is 31.2. The summed E-state index contributed by atoms with van der Waals surface area (Å²) in [5, 5.41) is 3.08. The van der Waals surface area contributed by atoms with Crippen molar-refractivity contribution in [2.45, 2.75) is 367 Å². The molecular weight excluding hydrogens is 1170 g/mol. The van der Waals surface area contributed by atoms with E-state index >= 15 is 0 Å². The molecule has 2 N–H and O–H groups in total. The smallest absolute Gasteiger partial charge is 0.456 e. The first-order chi connectivity index (χ1) is 45.4. The number of phosphoric ester groups is 1. The van der Waals surface area contributed by atoms with Gasteiger partial charge in [-0.05, 0) is 122 Å². The zero-order chi connectivity index (χ0) is 67.8. The maximum absolute atomic E-state index is 13.7. The minimum absolute atomic E-state index is 0.0354. The van der Waals surface area contributed by atoms with Crippen LogP contribution in [0, 0.1) is 0 Å². The van der Waals surface area contributed by atoms with E-state index in [2.05, 4.69) is 123 Å². The van der Waals surface area contributed by atoms with Crippen molar-refractivity contribution in [2.75, 3.05) is 40.9 Å². The summed E-state index contributed by atoms with van der Waals surface area (Å²) in [6.45, 7) is 6.99. The number of hydrogen-bond donors (Lipinski definition) is 2. The minimum atomic E-state index is -4.47. The number of ether oxygens (including phenoxy) is 1. The number of likely N-dealkylation sites (N-methyl/N-ethyl adjacent to an activating group) is 1. The number of unbranched alkanes of at least 4 members (excludes halogenated alkanes) is 39. The van der Waals surface area contributed by atoms with Gasteiger partial charge in [-0.3, -0.25) is 18.6 Å². The molecule has 3 atom stereocenters. The molecule has 10 heteroatoms. The molecule has 0 heterocycles. The predicted molar refractivity (Wildman–Crippen MR) is 406 cm³/mol. The van der Waals surface area contributed by atoms with E-state index in [4.69, 9.17) is 13.8 Å². The number of nitrogens with one attached hydrogen (secondary N) is 1. The zero-order valence-corrected chi connectivity index (χ0v) is 62.6. The average Bonchev–Trinajstić information content (AvgIpc) is 2.31. The summed E-state index contributed by atoms with van der Waals surface area (Å²) < 4.78 is 30.9. The van der Waals surface area contributed by atoms with Crippen LogP contribution in [0.25, 0.3) is 0 Å². The van der Waals surface area contributed by atoms with Gasteiger partial charge in [-0.15, -0.1) is 0 Å². The van der Waals surface area contributed by atoms with Gasteiger partial charge in [0.15, 0.2) is 0 Å². The van der Waals surface area contributed by atoms with Crippen molar-refractivity contribution in [3.05, 3.63) is 109 Å². The molecule has 0 spiro atoms.